The molecular weight excluding hydrogens is 264 g/mol. The van der Waals surface area contributed by atoms with Gasteiger partial charge in [-0.2, -0.15) is 5.10 Å². The molecule has 2 N–H and O–H groups in total. The van der Waals surface area contributed by atoms with Gasteiger partial charge in [0, 0.05) is 25.8 Å². The van der Waals surface area contributed by atoms with E-state index < -0.39 is 15.3 Å². The Kier molecular flexibility index (Phi) is 5.37. The SMILES string of the molecule is CCc1nn(C)cc1NS(=O)(=O)C(C)CNC(C)C. The molecule has 0 saturated heterocycles. The maximum absolute atomic E-state index is 12.2. The highest BCUT2D eigenvalue weighted by Gasteiger charge is 2.22. The molecule has 110 valence electrons. The molecule has 19 heavy (non-hydrogen) atoms. The van der Waals surface area contributed by atoms with E-state index >= 15 is 0 Å². The standard InChI is InChI=1S/C12H24N4O2S/c1-6-11-12(8-16(5)14-11)15-19(17,18)10(4)7-13-9(2)3/h8-10,13,15H,6-7H2,1-5H3. The maximum atomic E-state index is 12.2. The quantitative estimate of drug-likeness (QED) is 0.788. The number of nitrogens with one attached hydrogen (secondary N) is 2. The minimum atomic E-state index is -3.39. The van der Waals surface area contributed by atoms with Crippen molar-refractivity contribution in [2.75, 3.05) is 11.3 Å². The fourth-order valence-electron chi connectivity index (χ4n) is 1.65. The number of aryl methyl sites for hydroxylation is 2. The van der Waals surface area contributed by atoms with Crippen LogP contribution in [0.15, 0.2) is 6.20 Å². The summed E-state index contributed by atoms with van der Waals surface area (Å²) in [6, 6.07) is 0.266. The summed E-state index contributed by atoms with van der Waals surface area (Å²) in [4.78, 5) is 0. The van der Waals surface area contributed by atoms with Crippen molar-refractivity contribution in [3.05, 3.63) is 11.9 Å². The van der Waals surface area contributed by atoms with Gasteiger partial charge in [0.25, 0.3) is 0 Å². The van der Waals surface area contributed by atoms with Crippen molar-refractivity contribution in [3.63, 3.8) is 0 Å². The zero-order valence-corrected chi connectivity index (χ0v) is 13.1. The topological polar surface area (TPSA) is 76.0 Å². The van der Waals surface area contributed by atoms with Gasteiger partial charge in [-0.05, 0) is 13.3 Å². The van der Waals surface area contributed by atoms with E-state index in [9.17, 15) is 8.42 Å². The van der Waals surface area contributed by atoms with Crippen molar-refractivity contribution in [2.45, 2.75) is 45.4 Å². The van der Waals surface area contributed by atoms with Gasteiger partial charge in [0.1, 0.15) is 0 Å². The highest BCUT2D eigenvalue weighted by Crippen LogP contribution is 2.17. The molecule has 0 spiro atoms. The summed E-state index contributed by atoms with van der Waals surface area (Å²) in [5.41, 5.74) is 1.33. The van der Waals surface area contributed by atoms with Crippen LogP contribution in [0, 0.1) is 0 Å². The van der Waals surface area contributed by atoms with E-state index in [0.29, 0.717) is 18.7 Å². The number of nitrogens with zero attached hydrogens (tertiary/aromatic N) is 2. The maximum Gasteiger partial charge on any atom is 0.236 e. The van der Waals surface area contributed by atoms with Crippen LogP contribution in [0.3, 0.4) is 0 Å². The first-order chi connectivity index (χ1) is 8.76. The number of anilines is 1. The molecule has 0 fully saturated rings. The third-order valence-electron chi connectivity index (χ3n) is 2.84. The summed E-state index contributed by atoms with van der Waals surface area (Å²) in [7, 11) is -1.62. The predicted molar refractivity (Wildman–Crippen MR) is 77.7 cm³/mol. The van der Waals surface area contributed by atoms with Crippen LogP contribution in [0.4, 0.5) is 5.69 Å². The Hall–Kier alpha value is -1.08. The molecule has 0 bridgehead atoms. The second kappa shape index (κ2) is 6.38. The predicted octanol–water partition coefficient (Wildman–Crippen LogP) is 1.11. The Morgan fingerprint density at radius 1 is 1.37 bits per heavy atom. The molecule has 0 aromatic carbocycles. The van der Waals surface area contributed by atoms with E-state index in [0.717, 1.165) is 5.69 Å². The van der Waals surface area contributed by atoms with Crippen molar-refractivity contribution in [1.82, 2.24) is 15.1 Å². The molecule has 0 amide bonds. The van der Waals surface area contributed by atoms with Crippen molar-refractivity contribution >= 4 is 15.7 Å². The van der Waals surface area contributed by atoms with Gasteiger partial charge < -0.3 is 5.32 Å². The second-order valence-electron chi connectivity index (χ2n) is 5.04. The molecule has 0 radical (unpaired) electrons. The van der Waals surface area contributed by atoms with E-state index in [2.05, 4.69) is 15.1 Å². The van der Waals surface area contributed by atoms with Crippen LogP contribution in [0.5, 0.6) is 0 Å². The Balaban J connectivity index is 2.78. The average molecular weight is 288 g/mol. The van der Waals surface area contributed by atoms with Gasteiger partial charge in [0.2, 0.25) is 10.0 Å². The van der Waals surface area contributed by atoms with E-state index in [1.807, 2.05) is 20.8 Å². The van der Waals surface area contributed by atoms with Gasteiger partial charge >= 0.3 is 0 Å². The fraction of sp³-hybridized carbons (Fsp3) is 0.750. The highest BCUT2D eigenvalue weighted by molar-refractivity contribution is 7.93. The molecule has 1 aromatic heterocycles. The summed E-state index contributed by atoms with van der Waals surface area (Å²) >= 11 is 0. The monoisotopic (exact) mass is 288 g/mol. The zero-order valence-electron chi connectivity index (χ0n) is 12.3. The van der Waals surface area contributed by atoms with Gasteiger partial charge in [0.15, 0.2) is 0 Å². The second-order valence-corrected chi connectivity index (χ2v) is 7.14. The van der Waals surface area contributed by atoms with Gasteiger partial charge in [0.05, 0.1) is 16.6 Å². The smallest absolute Gasteiger partial charge is 0.236 e. The zero-order chi connectivity index (χ0) is 14.6. The van der Waals surface area contributed by atoms with E-state index in [1.165, 1.54) is 0 Å². The summed E-state index contributed by atoms with van der Waals surface area (Å²) in [5.74, 6) is 0. The number of hydrogen-bond acceptors (Lipinski definition) is 4. The first-order valence-electron chi connectivity index (χ1n) is 6.53. The molecule has 1 unspecified atom stereocenters. The van der Waals surface area contributed by atoms with Crippen molar-refractivity contribution < 1.29 is 8.42 Å². The normalized spacial score (nSPS) is 13.8. The van der Waals surface area contributed by atoms with E-state index in [1.54, 1.807) is 24.9 Å². The molecule has 1 heterocycles. The Morgan fingerprint density at radius 2 is 2.00 bits per heavy atom. The Bertz CT molecular complexity index is 508. The number of sulfonamides is 1. The van der Waals surface area contributed by atoms with Crippen LogP contribution in [0.25, 0.3) is 0 Å². The molecule has 6 nitrogen and oxygen atoms in total. The minimum Gasteiger partial charge on any atom is -0.313 e. The average Bonchev–Trinajstić information content (AvgIpc) is 2.65. The van der Waals surface area contributed by atoms with Crippen molar-refractivity contribution in [1.29, 1.82) is 0 Å². The van der Waals surface area contributed by atoms with E-state index in [4.69, 9.17) is 0 Å². The fourth-order valence-corrected chi connectivity index (χ4v) is 2.64. The Labute approximate surface area is 115 Å². The third-order valence-corrected chi connectivity index (χ3v) is 4.57. The van der Waals surface area contributed by atoms with E-state index in [-0.39, 0.29) is 6.04 Å². The van der Waals surface area contributed by atoms with Crippen LogP contribution in [-0.2, 0) is 23.5 Å². The first-order valence-corrected chi connectivity index (χ1v) is 8.08. The summed E-state index contributed by atoms with van der Waals surface area (Å²) < 4.78 is 28.7. The molecule has 1 atom stereocenters. The lowest BCUT2D eigenvalue weighted by molar-refractivity contribution is 0.553. The number of aromatic nitrogens is 2. The number of hydrogen-bond donors (Lipinski definition) is 2. The van der Waals surface area contributed by atoms with Crippen LogP contribution in [0.2, 0.25) is 0 Å². The van der Waals surface area contributed by atoms with Crippen LogP contribution in [-0.4, -0.2) is 36.0 Å². The molecule has 0 aliphatic rings. The first kappa shape index (κ1) is 16.0. The summed E-state index contributed by atoms with van der Waals surface area (Å²) in [6.45, 7) is 8.05. The molecular formula is C12H24N4O2S. The van der Waals surface area contributed by atoms with Crippen LogP contribution >= 0.6 is 0 Å². The Morgan fingerprint density at radius 3 is 2.53 bits per heavy atom. The number of rotatable bonds is 7. The van der Waals surface area contributed by atoms with Crippen LogP contribution in [0.1, 0.15) is 33.4 Å². The van der Waals surface area contributed by atoms with Gasteiger partial charge in [-0.1, -0.05) is 20.8 Å². The molecule has 0 saturated carbocycles. The van der Waals surface area contributed by atoms with Crippen LogP contribution < -0.4 is 10.0 Å². The van der Waals surface area contributed by atoms with Gasteiger partial charge in [-0.25, -0.2) is 8.42 Å². The van der Waals surface area contributed by atoms with Gasteiger partial charge in [-0.15, -0.1) is 0 Å². The molecule has 1 aromatic rings. The molecule has 1 rings (SSSR count). The minimum absolute atomic E-state index is 0.266. The lowest BCUT2D eigenvalue weighted by Gasteiger charge is -2.16. The molecule has 7 heteroatoms. The summed E-state index contributed by atoms with van der Waals surface area (Å²) in [5, 5.41) is 6.85. The molecule has 0 aliphatic heterocycles. The van der Waals surface area contributed by atoms with Crippen molar-refractivity contribution in [2.24, 2.45) is 7.05 Å². The molecule has 0 aliphatic carbocycles. The summed E-state index contributed by atoms with van der Waals surface area (Å²) in [6.07, 6.45) is 2.39. The highest BCUT2D eigenvalue weighted by atomic mass is 32.2. The third kappa shape index (κ3) is 4.50. The lowest BCUT2D eigenvalue weighted by atomic mass is 10.3. The largest absolute Gasteiger partial charge is 0.313 e. The lowest BCUT2D eigenvalue weighted by Crippen LogP contribution is -2.37. The van der Waals surface area contributed by atoms with Gasteiger partial charge in [-0.3, -0.25) is 9.40 Å². The van der Waals surface area contributed by atoms with Crippen molar-refractivity contribution in [3.8, 4) is 0 Å².